The molecular weight excluding hydrogens is 439 g/mol. The summed E-state index contributed by atoms with van der Waals surface area (Å²) in [6, 6.07) is 3.29. The normalized spacial score (nSPS) is 14.8. The molecule has 1 aliphatic rings. The second-order valence-electron chi connectivity index (χ2n) is 6.57. The summed E-state index contributed by atoms with van der Waals surface area (Å²) in [6.45, 7) is 0. The molecule has 4 rings (SSSR count). The molecule has 0 aliphatic carbocycles. The van der Waals surface area contributed by atoms with Crippen LogP contribution in [0, 0.1) is 17.5 Å². The van der Waals surface area contributed by atoms with Crippen molar-refractivity contribution < 1.29 is 28.2 Å². The van der Waals surface area contributed by atoms with E-state index in [2.05, 4.69) is 9.98 Å². The number of hydrogen-bond acceptors (Lipinski definition) is 4. The highest BCUT2D eigenvalue weighted by molar-refractivity contribution is 6.31. The Labute approximate surface area is 176 Å². The van der Waals surface area contributed by atoms with Gasteiger partial charge in [0.15, 0.2) is 23.5 Å². The maximum Gasteiger partial charge on any atom is 0.331 e. The average Bonchev–Trinajstić information content (AvgIpc) is 3.24. The van der Waals surface area contributed by atoms with Gasteiger partial charge in [-0.25, -0.2) is 27.3 Å². The fourth-order valence-corrected chi connectivity index (χ4v) is 3.41. The fourth-order valence-electron chi connectivity index (χ4n) is 3.26. The Bertz CT molecular complexity index is 1360. The van der Waals surface area contributed by atoms with Crippen LogP contribution in [0.5, 0.6) is 5.88 Å². The molecule has 0 spiro atoms. The lowest BCUT2D eigenvalue weighted by Crippen LogP contribution is -2.28. The zero-order valence-electron chi connectivity index (χ0n) is 15.2. The lowest BCUT2D eigenvalue weighted by molar-refractivity contribution is -0.139. The number of halogens is 4. The number of allylic oxidation sites excluding steroid dienone is 1. The van der Waals surface area contributed by atoms with Crippen molar-refractivity contribution in [3.05, 3.63) is 80.1 Å². The zero-order chi connectivity index (χ0) is 22.4. The molecule has 1 aliphatic heterocycles. The number of H-pyrrole nitrogens is 1. The summed E-state index contributed by atoms with van der Waals surface area (Å²) in [5.74, 6) is -5.61. The minimum absolute atomic E-state index is 0.0229. The average molecular weight is 450 g/mol. The monoisotopic (exact) mass is 449 g/mol. The van der Waals surface area contributed by atoms with Crippen molar-refractivity contribution >= 4 is 41.1 Å². The molecule has 0 saturated carbocycles. The highest BCUT2D eigenvalue weighted by Crippen LogP contribution is 2.38. The largest absolute Gasteiger partial charge is 0.493 e. The summed E-state index contributed by atoms with van der Waals surface area (Å²) < 4.78 is 41.4. The van der Waals surface area contributed by atoms with Gasteiger partial charge in [-0.15, -0.1) is 0 Å². The number of aromatic amines is 1. The van der Waals surface area contributed by atoms with Gasteiger partial charge in [-0.2, -0.15) is 0 Å². The minimum atomic E-state index is -1.84. The molecule has 11 heteroatoms. The summed E-state index contributed by atoms with van der Waals surface area (Å²) in [5.41, 5.74) is -0.849. The SMILES string of the molecule is O=C(O)C(c1ccc(F)c(F)c1)n1c(O)c(/C=C2\C=Nc3c2ccc(Cl)c3F)[nH]c1=O. The molecule has 0 saturated heterocycles. The zero-order valence-corrected chi connectivity index (χ0v) is 16.0. The lowest BCUT2D eigenvalue weighted by Gasteiger charge is -2.14. The van der Waals surface area contributed by atoms with E-state index in [0.29, 0.717) is 27.8 Å². The number of carbonyl (C=O) groups is 1. The van der Waals surface area contributed by atoms with E-state index in [1.54, 1.807) is 0 Å². The predicted molar refractivity (Wildman–Crippen MR) is 106 cm³/mol. The van der Waals surface area contributed by atoms with Gasteiger partial charge in [0.05, 0.1) is 5.02 Å². The fraction of sp³-hybridized carbons (Fsp3) is 0.0500. The van der Waals surface area contributed by atoms with E-state index in [-0.39, 0.29) is 22.0 Å². The second kappa shape index (κ2) is 7.47. The van der Waals surface area contributed by atoms with Gasteiger partial charge in [0.25, 0.3) is 0 Å². The standard InChI is InChI=1S/C20H11ClF3N3O4/c21-11-3-2-10-9(7-25-16(10)15(11)24)6-14-18(28)27(20(31)26-14)17(19(29)30)8-1-4-12(22)13(23)5-8/h1-7,17,28H,(H,26,31)(H,29,30)/b9-6+. The van der Waals surface area contributed by atoms with Crippen LogP contribution in [-0.4, -0.2) is 31.9 Å². The van der Waals surface area contributed by atoms with Crippen molar-refractivity contribution in [1.82, 2.24) is 9.55 Å². The third-order valence-electron chi connectivity index (χ3n) is 4.69. The smallest absolute Gasteiger partial charge is 0.331 e. The number of aliphatic carboxylic acids is 1. The van der Waals surface area contributed by atoms with Crippen LogP contribution in [0.3, 0.4) is 0 Å². The van der Waals surface area contributed by atoms with Crippen molar-refractivity contribution in [2.24, 2.45) is 4.99 Å². The number of aromatic hydroxyl groups is 1. The molecule has 1 unspecified atom stereocenters. The molecule has 1 atom stereocenters. The van der Waals surface area contributed by atoms with Gasteiger partial charge < -0.3 is 15.2 Å². The number of carboxylic acids is 1. The van der Waals surface area contributed by atoms with Gasteiger partial charge in [-0.3, -0.25) is 4.99 Å². The Balaban J connectivity index is 1.82. The molecule has 3 aromatic rings. The van der Waals surface area contributed by atoms with E-state index >= 15 is 0 Å². The van der Waals surface area contributed by atoms with E-state index in [4.69, 9.17) is 11.6 Å². The van der Waals surface area contributed by atoms with Gasteiger partial charge in [0.2, 0.25) is 5.88 Å². The Kier molecular flexibility index (Phi) is 4.94. The van der Waals surface area contributed by atoms with E-state index in [1.807, 2.05) is 0 Å². The van der Waals surface area contributed by atoms with E-state index in [9.17, 15) is 33.0 Å². The first-order valence-corrected chi connectivity index (χ1v) is 9.02. The van der Waals surface area contributed by atoms with Crippen molar-refractivity contribution in [1.29, 1.82) is 0 Å². The van der Waals surface area contributed by atoms with Crippen molar-refractivity contribution in [3.63, 3.8) is 0 Å². The highest BCUT2D eigenvalue weighted by Gasteiger charge is 2.29. The van der Waals surface area contributed by atoms with E-state index < -0.39 is 41.0 Å². The number of nitrogens with one attached hydrogen (secondary N) is 1. The molecule has 2 heterocycles. The Morgan fingerprint density at radius 3 is 2.61 bits per heavy atom. The maximum atomic E-state index is 14.1. The van der Waals surface area contributed by atoms with Crippen LogP contribution in [0.2, 0.25) is 5.02 Å². The first-order valence-electron chi connectivity index (χ1n) is 8.64. The first kappa shape index (κ1) is 20.5. The maximum absolute atomic E-state index is 14.1. The molecule has 0 amide bonds. The highest BCUT2D eigenvalue weighted by atomic mass is 35.5. The second-order valence-corrected chi connectivity index (χ2v) is 6.97. The molecule has 7 nitrogen and oxygen atoms in total. The molecule has 1 aromatic heterocycles. The van der Waals surface area contributed by atoms with Crippen LogP contribution in [0.4, 0.5) is 18.9 Å². The molecule has 158 valence electrons. The predicted octanol–water partition coefficient (Wildman–Crippen LogP) is 3.88. The number of hydrogen-bond donors (Lipinski definition) is 3. The van der Waals surface area contributed by atoms with Gasteiger partial charge in [0.1, 0.15) is 11.4 Å². The number of aliphatic imine (C=N–C) groups is 1. The number of rotatable bonds is 4. The van der Waals surface area contributed by atoms with Crippen LogP contribution in [-0.2, 0) is 4.79 Å². The Morgan fingerprint density at radius 2 is 1.94 bits per heavy atom. The Morgan fingerprint density at radius 1 is 1.19 bits per heavy atom. The lowest BCUT2D eigenvalue weighted by atomic mass is 10.1. The molecular formula is C20H11ClF3N3O4. The van der Waals surface area contributed by atoms with Crippen molar-refractivity contribution in [2.45, 2.75) is 6.04 Å². The van der Waals surface area contributed by atoms with Crippen molar-refractivity contribution in [2.75, 3.05) is 0 Å². The number of fused-ring (bicyclic) bond motifs is 1. The van der Waals surface area contributed by atoms with Gasteiger partial charge in [-0.05, 0) is 29.8 Å². The van der Waals surface area contributed by atoms with Gasteiger partial charge in [0, 0.05) is 17.4 Å². The Hall–Kier alpha value is -3.79. The summed E-state index contributed by atoms with van der Waals surface area (Å²) in [5, 5.41) is 20.0. The number of imidazole rings is 1. The molecule has 2 aromatic carbocycles. The molecule has 0 radical (unpaired) electrons. The van der Waals surface area contributed by atoms with Crippen LogP contribution >= 0.6 is 11.6 Å². The summed E-state index contributed by atoms with van der Waals surface area (Å²) in [4.78, 5) is 30.4. The van der Waals surface area contributed by atoms with Crippen LogP contribution < -0.4 is 5.69 Å². The molecule has 3 N–H and O–H groups in total. The third kappa shape index (κ3) is 3.40. The molecule has 31 heavy (non-hydrogen) atoms. The van der Waals surface area contributed by atoms with E-state index in [0.717, 1.165) is 6.07 Å². The first-order chi connectivity index (χ1) is 14.7. The number of nitrogens with zero attached hydrogens (tertiary/aromatic N) is 2. The van der Waals surface area contributed by atoms with Crippen molar-refractivity contribution in [3.8, 4) is 5.88 Å². The number of aromatic nitrogens is 2. The summed E-state index contributed by atoms with van der Waals surface area (Å²) in [6.07, 6.45) is 2.54. The van der Waals surface area contributed by atoms with Crippen LogP contribution in [0.15, 0.2) is 40.1 Å². The van der Waals surface area contributed by atoms with Gasteiger partial charge in [-0.1, -0.05) is 23.7 Å². The van der Waals surface area contributed by atoms with Crippen LogP contribution in [0.25, 0.3) is 11.6 Å². The van der Waals surface area contributed by atoms with Crippen LogP contribution in [0.1, 0.15) is 22.9 Å². The third-order valence-corrected chi connectivity index (χ3v) is 4.99. The number of carboxylic acid groups (broad SMARTS) is 1. The quantitative estimate of drug-likeness (QED) is 0.561. The minimum Gasteiger partial charge on any atom is -0.493 e. The van der Waals surface area contributed by atoms with E-state index in [1.165, 1.54) is 24.4 Å². The summed E-state index contributed by atoms with van der Waals surface area (Å²) >= 11 is 5.73. The van der Waals surface area contributed by atoms with Gasteiger partial charge >= 0.3 is 11.7 Å². The molecule has 0 bridgehead atoms. The topological polar surface area (TPSA) is 108 Å². The summed E-state index contributed by atoms with van der Waals surface area (Å²) in [7, 11) is 0. The molecule has 0 fully saturated rings. The number of benzene rings is 2.